The first kappa shape index (κ1) is 20.1. The SMILES string of the molecule is CCCCCC[C@H](CC)[C@H](CO)NS(=O)(=O)c1ccc(Br)s1. The molecule has 7 heteroatoms. The Labute approximate surface area is 146 Å². The minimum absolute atomic E-state index is 0.167. The van der Waals surface area contributed by atoms with Gasteiger partial charge in [-0.2, -0.15) is 0 Å². The molecule has 0 fully saturated rings. The lowest BCUT2D eigenvalue weighted by Gasteiger charge is -2.25. The number of aliphatic hydroxyl groups excluding tert-OH is 1. The second kappa shape index (κ2) is 10.0. The molecule has 0 amide bonds. The molecule has 22 heavy (non-hydrogen) atoms. The van der Waals surface area contributed by atoms with Gasteiger partial charge in [0.1, 0.15) is 4.21 Å². The van der Waals surface area contributed by atoms with E-state index in [2.05, 4.69) is 27.6 Å². The highest BCUT2D eigenvalue weighted by Crippen LogP contribution is 2.27. The van der Waals surface area contributed by atoms with Gasteiger partial charge in [0.15, 0.2) is 0 Å². The quantitative estimate of drug-likeness (QED) is 0.537. The number of sulfonamides is 1. The van der Waals surface area contributed by atoms with E-state index < -0.39 is 16.1 Å². The van der Waals surface area contributed by atoms with Crippen LogP contribution in [0.15, 0.2) is 20.1 Å². The first-order valence-electron chi connectivity index (χ1n) is 7.83. The maximum Gasteiger partial charge on any atom is 0.250 e. The number of nitrogens with one attached hydrogen (secondary N) is 1. The number of unbranched alkanes of at least 4 members (excludes halogenated alkanes) is 3. The molecule has 128 valence electrons. The minimum atomic E-state index is -3.56. The summed E-state index contributed by atoms with van der Waals surface area (Å²) >= 11 is 4.45. The lowest BCUT2D eigenvalue weighted by atomic mass is 9.92. The van der Waals surface area contributed by atoms with E-state index in [9.17, 15) is 13.5 Å². The van der Waals surface area contributed by atoms with E-state index in [0.717, 1.165) is 29.5 Å². The molecule has 0 bridgehead atoms. The summed E-state index contributed by atoms with van der Waals surface area (Å²) in [4.78, 5) is 0. The summed E-state index contributed by atoms with van der Waals surface area (Å²) in [5.41, 5.74) is 0. The predicted molar refractivity (Wildman–Crippen MR) is 95.8 cm³/mol. The number of thiophene rings is 1. The van der Waals surface area contributed by atoms with Crippen molar-refractivity contribution >= 4 is 37.3 Å². The van der Waals surface area contributed by atoms with Crippen LogP contribution in [0.5, 0.6) is 0 Å². The van der Waals surface area contributed by atoms with E-state index in [4.69, 9.17) is 0 Å². The molecule has 1 aromatic heterocycles. The van der Waals surface area contributed by atoms with Crippen molar-refractivity contribution in [2.24, 2.45) is 5.92 Å². The average molecular weight is 412 g/mol. The van der Waals surface area contributed by atoms with E-state index in [0.29, 0.717) is 0 Å². The highest BCUT2D eigenvalue weighted by molar-refractivity contribution is 9.11. The highest BCUT2D eigenvalue weighted by Gasteiger charge is 2.26. The summed E-state index contributed by atoms with van der Waals surface area (Å²) in [5, 5.41) is 9.61. The van der Waals surface area contributed by atoms with Crippen molar-refractivity contribution < 1.29 is 13.5 Å². The van der Waals surface area contributed by atoms with Gasteiger partial charge >= 0.3 is 0 Å². The molecular formula is C15H26BrNO3S2. The van der Waals surface area contributed by atoms with Crippen molar-refractivity contribution in [2.75, 3.05) is 6.61 Å². The summed E-state index contributed by atoms with van der Waals surface area (Å²) in [6, 6.07) is 2.88. The highest BCUT2D eigenvalue weighted by atomic mass is 79.9. The number of halogens is 1. The number of aliphatic hydroxyl groups is 1. The van der Waals surface area contributed by atoms with E-state index in [1.807, 2.05) is 6.92 Å². The van der Waals surface area contributed by atoms with Crippen molar-refractivity contribution in [3.63, 3.8) is 0 Å². The van der Waals surface area contributed by atoms with Gasteiger partial charge in [-0.3, -0.25) is 0 Å². The van der Waals surface area contributed by atoms with Gasteiger partial charge in [0.2, 0.25) is 10.0 Å². The Bertz CT molecular complexity index is 531. The third kappa shape index (κ3) is 6.28. The second-order valence-corrected chi connectivity index (χ2v) is 9.89. The normalized spacial score (nSPS) is 14.9. The zero-order valence-corrected chi connectivity index (χ0v) is 16.4. The molecule has 0 spiro atoms. The lowest BCUT2D eigenvalue weighted by molar-refractivity contribution is 0.203. The first-order valence-corrected chi connectivity index (χ1v) is 10.9. The van der Waals surface area contributed by atoms with E-state index >= 15 is 0 Å². The fourth-order valence-corrected chi connectivity index (χ4v) is 5.83. The molecule has 1 rings (SSSR count). The molecule has 0 saturated carbocycles. The Morgan fingerprint density at radius 3 is 2.50 bits per heavy atom. The van der Waals surface area contributed by atoms with Crippen LogP contribution in [0.25, 0.3) is 0 Å². The molecule has 0 saturated heterocycles. The molecule has 0 aliphatic carbocycles. The standard InChI is InChI=1S/C15H26BrNO3S2/c1-3-5-6-7-8-12(4-2)13(11-18)17-22(19,20)15-10-9-14(16)21-15/h9-10,12-13,17-18H,3-8,11H2,1-2H3/t12-,13-/m0/s1. The molecule has 1 aromatic rings. The van der Waals surface area contributed by atoms with Crippen LogP contribution in [0.2, 0.25) is 0 Å². The molecule has 0 unspecified atom stereocenters. The molecule has 0 aliphatic heterocycles. The Morgan fingerprint density at radius 1 is 1.27 bits per heavy atom. The zero-order chi connectivity index (χ0) is 16.6. The summed E-state index contributed by atoms with van der Waals surface area (Å²) in [5.74, 6) is 0.167. The topological polar surface area (TPSA) is 66.4 Å². The maximum atomic E-state index is 12.4. The van der Waals surface area contributed by atoms with Gasteiger partial charge in [-0.1, -0.05) is 46.0 Å². The summed E-state index contributed by atoms with van der Waals surface area (Å²) < 4.78 is 28.5. The number of hydrogen-bond acceptors (Lipinski definition) is 4. The van der Waals surface area contributed by atoms with Gasteiger partial charge in [0.05, 0.1) is 10.4 Å². The molecule has 4 nitrogen and oxygen atoms in total. The first-order chi connectivity index (χ1) is 10.4. The molecule has 2 atom stereocenters. The molecular weight excluding hydrogens is 386 g/mol. The fourth-order valence-electron chi connectivity index (χ4n) is 2.51. The van der Waals surface area contributed by atoms with E-state index in [-0.39, 0.29) is 16.7 Å². The van der Waals surface area contributed by atoms with Crippen LogP contribution in [-0.4, -0.2) is 26.2 Å². The van der Waals surface area contributed by atoms with Crippen LogP contribution in [0, 0.1) is 5.92 Å². The summed E-state index contributed by atoms with van der Waals surface area (Å²) in [7, 11) is -3.56. The molecule has 0 radical (unpaired) electrons. The van der Waals surface area contributed by atoms with Gasteiger partial charge in [-0.25, -0.2) is 13.1 Å². The van der Waals surface area contributed by atoms with Crippen molar-refractivity contribution in [3.05, 3.63) is 15.9 Å². The molecule has 1 heterocycles. The van der Waals surface area contributed by atoms with E-state index in [1.54, 1.807) is 12.1 Å². The second-order valence-electron chi connectivity index (χ2n) is 5.49. The number of hydrogen-bond donors (Lipinski definition) is 2. The van der Waals surface area contributed by atoms with Gasteiger partial charge < -0.3 is 5.11 Å². The maximum absolute atomic E-state index is 12.4. The molecule has 2 N–H and O–H groups in total. The van der Waals surface area contributed by atoms with Gasteiger partial charge in [0, 0.05) is 6.04 Å². The molecule has 0 aliphatic rings. The van der Waals surface area contributed by atoms with Crippen molar-refractivity contribution in [1.82, 2.24) is 4.72 Å². The molecule has 0 aromatic carbocycles. The van der Waals surface area contributed by atoms with Crippen LogP contribution in [0.3, 0.4) is 0 Å². The predicted octanol–water partition coefficient (Wildman–Crippen LogP) is 4.15. The fraction of sp³-hybridized carbons (Fsp3) is 0.733. The number of rotatable bonds is 11. The Hall–Kier alpha value is 0.0500. The third-order valence-electron chi connectivity index (χ3n) is 3.84. The minimum Gasteiger partial charge on any atom is -0.395 e. The van der Waals surface area contributed by atoms with E-state index in [1.165, 1.54) is 24.2 Å². The Balaban J connectivity index is 2.68. The summed E-state index contributed by atoms with van der Waals surface area (Å²) in [6.07, 6.45) is 6.42. The third-order valence-corrected chi connectivity index (χ3v) is 7.44. The Kier molecular flexibility index (Phi) is 9.16. The lowest BCUT2D eigenvalue weighted by Crippen LogP contribution is -2.42. The van der Waals surface area contributed by atoms with Crippen LogP contribution in [0.4, 0.5) is 0 Å². The Morgan fingerprint density at radius 2 is 2.00 bits per heavy atom. The van der Waals surface area contributed by atoms with Gasteiger partial charge in [-0.05, 0) is 40.4 Å². The van der Waals surface area contributed by atoms with Gasteiger partial charge in [-0.15, -0.1) is 11.3 Å². The van der Waals surface area contributed by atoms with Crippen molar-refractivity contribution in [1.29, 1.82) is 0 Å². The van der Waals surface area contributed by atoms with Crippen molar-refractivity contribution in [3.8, 4) is 0 Å². The van der Waals surface area contributed by atoms with Gasteiger partial charge in [0.25, 0.3) is 0 Å². The summed E-state index contributed by atoms with van der Waals surface area (Å²) in [6.45, 7) is 4.04. The van der Waals surface area contributed by atoms with Crippen LogP contribution in [0.1, 0.15) is 52.4 Å². The smallest absolute Gasteiger partial charge is 0.250 e. The zero-order valence-electron chi connectivity index (χ0n) is 13.2. The van der Waals surface area contributed by atoms with Crippen LogP contribution < -0.4 is 4.72 Å². The van der Waals surface area contributed by atoms with Crippen LogP contribution >= 0.6 is 27.3 Å². The largest absolute Gasteiger partial charge is 0.395 e. The average Bonchev–Trinajstić information content (AvgIpc) is 2.93. The monoisotopic (exact) mass is 411 g/mol. The van der Waals surface area contributed by atoms with Crippen LogP contribution in [-0.2, 0) is 10.0 Å². The van der Waals surface area contributed by atoms with Crippen molar-refractivity contribution in [2.45, 2.75) is 62.6 Å².